The minimum absolute atomic E-state index is 0.151. The Morgan fingerprint density at radius 2 is 1.61 bits per heavy atom. The number of nitrogens with one attached hydrogen (secondary N) is 1. The fourth-order valence-corrected chi connectivity index (χ4v) is 5.68. The number of methoxy groups -OCH3 is 3. The van der Waals surface area contributed by atoms with Gasteiger partial charge in [0.2, 0.25) is 5.75 Å². The van der Waals surface area contributed by atoms with Crippen LogP contribution in [0.15, 0.2) is 79.4 Å². The lowest BCUT2D eigenvalue weighted by Gasteiger charge is -2.25. The molecule has 0 bridgehead atoms. The maximum atomic E-state index is 14.2. The number of hydrogen-bond acceptors (Lipinski definition) is 5. The molecule has 1 aromatic heterocycles. The summed E-state index contributed by atoms with van der Waals surface area (Å²) in [6, 6.07) is 23.9. The van der Waals surface area contributed by atoms with Gasteiger partial charge in [0.15, 0.2) is 11.5 Å². The third kappa shape index (κ3) is 4.63. The highest BCUT2D eigenvalue weighted by Gasteiger charge is 2.29. The number of hydrogen-bond donors (Lipinski definition) is 1. The Morgan fingerprint density at radius 1 is 0.878 bits per heavy atom. The molecule has 2 heterocycles. The number of rotatable bonds is 7. The molecule has 7 heteroatoms. The number of allylic oxidation sites excluding steroid dienone is 1. The van der Waals surface area contributed by atoms with Gasteiger partial charge in [0.25, 0.3) is 5.91 Å². The first-order valence-electron chi connectivity index (χ1n) is 13.6. The van der Waals surface area contributed by atoms with Crippen LogP contribution in [-0.4, -0.2) is 38.8 Å². The number of carbonyl (C=O) groups excluding carboxylic acids is 1. The Morgan fingerprint density at radius 3 is 2.34 bits per heavy atom. The molecule has 1 aliphatic rings. The number of carbonyl (C=O) groups is 1. The molecule has 0 spiro atoms. The summed E-state index contributed by atoms with van der Waals surface area (Å²) in [6.07, 6.45) is 1.58. The van der Waals surface area contributed by atoms with Gasteiger partial charge in [-0.05, 0) is 41.5 Å². The number of H-pyrrole nitrogens is 1. The van der Waals surface area contributed by atoms with E-state index in [9.17, 15) is 4.79 Å². The first-order valence-corrected chi connectivity index (χ1v) is 13.6. The largest absolute Gasteiger partial charge is 0.493 e. The number of amides is 1. The molecule has 0 aliphatic carbocycles. The Kier molecular flexibility index (Phi) is 7.01. The van der Waals surface area contributed by atoms with Gasteiger partial charge in [-0.2, -0.15) is 0 Å². The Hall–Kier alpha value is -4.91. The van der Waals surface area contributed by atoms with Crippen LogP contribution in [0.4, 0.5) is 5.69 Å². The quantitative estimate of drug-likeness (QED) is 0.230. The summed E-state index contributed by atoms with van der Waals surface area (Å²) in [5.41, 5.74) is 4.96. The van der Waals surface area contributed by atoms with Crippen molar-refractivity contribution >= 4 is 38.8 Å². The second kappa shape index (κ2) is 10.9. The number of aromatic nitrogens is 1. The molecule has 208 valence electrons. The number of aromatic amines is 1. The van der Waals surface area contributed by atoms with Crippen LogP contribution in [0.1, 0.15) is 34.5 Å². The van der Waals surface area contributed by atoms with Gasteiger partial charge in [-0.15, -0.1) is 0 Å². The SMILES string of the molecule is C=C1CCCN(C(=O)c2cc3cc(OC)c(OC)c(OC)c3[nH]2)c2cc(OCc3ccccc3)c3ccccc3c21. The van der Waals surface area contributed by atoms with Crippen LogP contribution in [0.25, 0.3) is 27.2 Å². The number of fused-ring (bicyclic) bond motifs is 4. The number of ether oxygens (including phenoxy) is 4. The van der Waals surface area contributed by atoms with Crippen LogP contribution >= 0.6 is 0 Å². The van der Waals surface area contributed by atoms with Crippen LogP contribution in [0, 0.1) is 0 Å². The lowest BCUT2D eigenvalue weighted by Crippen LogP contribution is -2.32. The highest BCUT2D eigenvalue weighted by Crippen LogP contribution is 2.45. The molecule has 0 atom stereocenters. The first-order chi connectivity index (χ1) is 20.0. The summed E-state index contributed by atoms with van der Waals surface area (Å²) >= 11 is 0. The summed E-state index contributed by atoms with van der Waals surface area (Å²) in [5, 5.41) is 2.80. The Balaban J connectivity index is 1.47. The zero-order chi connectivity index (χ0) is 28.5. The molecule has 1 N–H and O–H groups in total. The summed E-state index contributed by atoms with van der Waals surface area (Å²) in [7, 11) is 4.70. The van der Waals surface area contributed by atoms with Gasteiger partial charge in [-0.3, -0.25) is 4.79 Å². The van der Waals surface area contributed by atoms with E-state index in [1.54, 1.807) is 21.3 Å². The third-order valence-corrected chi connectivity index (χ3v) is 7.62. The molecular formula is C34H32N2O5. The molecule has 0 unspecified atom stereocenters. The number of nitrogens with zero attached hydrogens (tertiary/aromatic N) is 1. The Labute approximate surface area is 238 Å². The molecule has 6 rings (SSSR count). The molecular weight excluding hydrogens is 516 g/mol. The minimum Gasteiger partial charge on any atom is -0.493 e. The van der Waals surface area contributed by atoms with Crippen LogP contribution in [-0.2, 0) is 6.61 Å². The van der Waals surface area contributed by atoms with Crippen molar-refractivity contribution in [1.82, 2.24) is 4.98 Å². The van der Waals surface area contributed by atoms with E-state index >= 15 is 0 Å². The molecule has 1 amide bonds. The van der Waals surface area contributed by atoms with Crippen molar-refractivity contribution in [3.05, 3.63) is 96.2 Å². The van der Waals surface area contributed by atoms with Crippen LogP contribution in [0.5, 0.6) is 23.0 Å². The molecule has 0 saturated heterocycles. The van der Waals surface area contributed by atoms with Crippen molar-refractivity contribution in [1.29, 1.82) is 0 Å². The van der Waals surface area contributed by atoms with Crippen molar-refractivity contribution < 1.29 is 23.7 Å². The van der Waals surface area contributed by atoms with Gasteiger partial charge in [0.05, 0.1) is 32.5 Å². The molecule has 5 aromatic rings. The maximum Gasteiger partial charge on any atom is 0.274 e. The van der Waals surface area contributed by atoms with Gasteiger partial charge in [0.1, 0.15) is 18.1 Å². The van der Waals surface area contributed by atoms with E-state index in [0.29, 0.717) is 41.6 Å². The molecule has 41 heavy (non-hydrogen) atoms. The minimum atomic E-state index is -0.151. The Bertz CT molecular complexity index is 1770. The molecule has 1 aliphatic heterocycles. The second-order valence-corrected chi connectivity index (χ2v) is 10.0. The molecule has 4 aromatic carbocycles. The fraction of sp³-hybridized carbons (Fsp3) is 0.206. The second-order valence-electron chi connectivity index (χ2n) is 10.0. The van der Waals surface area contributed by atoms with Crippen LogP contribution < -0.4 is 23.8 Å². The predicted octanol–water partition coefficient (Wildman–Crippen LogP) is 7.38. The van der Waals surface area contributed by atoms with E-state index in [1.165, 1.54) is 0 Å². The van der Waals surface area contributed by atoms with Gasteiger partial charge >= 0.3 is 0 Å². The van der Waals surface area contributed by atoms with E-state index in [-0.39, 0.29) is 5.91 Å². The monoisotopic (exact) mass is 548 g/mol. The van der Waals surface area contributed by atoms with E-state index in [1.807, 2.05) is 65.6 Å². The summed E-state index contributed by atoms with van der Waals surface area (Å²) in [5.74, 6) is 2.04. The average molecular weight is 549 g/mol. The molecule has 0 radical (unpaired) electrons. The zero-order valence-corrected chi connectivity index (χ0v) is 23.5. The average Bonchev–Trinajstić information content (AvgIpc) is 3.37. The van der Waals surface area contributed by atoms with Crippen molar-refractivity contribution in [2.75, 3.05) is 32.8 Å². The smallest absolute Gasteiger partial charge is 0.274 e. The van der Waals surface area contributed by atoms with Crippen LogP contribution in [0.2, 0.25) is 0 Å². The van der Waals surface area contributed by atoms with E-state index in [0.717, 1.165) is 57.1 Å². The summed E-state index contributed by atoms with van der Waals surface area (Å²) < 4.78 is 23.1. The first kappa shape index (κ1) is 26.3. The van der Waals surface area contributed by atoms with Crippen molar-refractivity contribution in [2.24, 2.45) is 0 Å². The molecule has 0 saturated carbocycles. The fourth-order valence-electron chi connectivity index (χ4n) is 5.68. The summed E-state index contributed by atoms with van der Waals surface area (Å²) in [6.45, 7) is 5.38. The number of benzene rings is 4. The highest BCUT2D eigenvalue weighted by molar-refractivity contribution is 6.13. The zero-order valence-electron chi connectivity index (χ0n) is 23.5. The highest BCUT2D eigenvalue weighted by atomic mass is 16.5. The summed E-state index contributed by atoms with van der Waals surface area (Å²) in [4.78, 5) is 19.4. The van der Waals surface area contributed by atoms with Gasteiger partial charge < -0.3 is 28.8 Å². The normalized spacial score (nSPS) is 13.1. The maximum absolute atomic E-state index is 14.2. The van der Waals surface area contributed by atoms with Crippen molar-refractivity contribution in [3.63, 3.8) is 0 Å². The van der Waals surface area contributed by atoms with Crippen LogP contribution in [0.3, 0.4) is 0 Å². The van der Waals surface area contributed by atoms with Gasteiger partial charge in [0, 0.05) is 28.9 Å². The lowest BCUT2D eigenvalue weighted by molar-refractivity contribution is 0.0983. The standard InChI is InChI=1S/C34H32N2O5/c1-21-11-10-16-36(34(37)26-17-23-18-29(38-2)32(39-3)33(40-4)31(23)35-26)27-19-28(41-20-22-12-6-5-7-13-22)24-14-8-9-15-25(24)30(21)27/h5-9,12-15,17-19,35H,1,10-11,16,20H2,2-4H3. The third-order valence-electron chi connectivity index (χ3n) is 7.62. The number of anilines is 1. The lowest BCUT2D eigenvalue weighted by atomic mass is 9.95. The van der Waals surface area contributed by atoms with Gasteiger partial charge in [-0.25, -0.2) is 0 Å². The van der Waals surface area contributed by atoms with Gasteiger partial charge in [-0.1, -0.05) is 61.2 Å². The topological polar surface area (TPSA) is 73.0 Å². The van der Waals surface area contributed by atoms with E-state index in [2.05, 4.69) is 23.7 Å². The molecule has 0 fully saturated rings. The molecule has 7 nitrogen and oxygen atoms in total. The predicted molar refractivity (Wildman–Crippen MR) is 163 cm³/mol. The van der Waals surface area contributed by atoms with Crippen molar-refractivity contribution in [2.45, 2.75) is 19.4 Å². The van der Waals surface area contributed by atoms with E-state index < -0.39 is 0 Å². The van der Waals surface area contributed by atoms with Crippen molar-refractivity contribution in [3.8, 4) is 23.0 Å². The van der Waals surface area contributed by atoms with E-state index in [4.69, 9.17) is 18.9 Å².